The monoisotopic (exact) mass is 208 g/mol. The van der Waals surface area contributed by atoms with Gasteiger partial charge in [0.05, 0.1) is 11.3 Å². The van der Waals surface area contributed by atoms with Crippen molar-refractivity contribution in [3.63, 3.8) is 0 Å². The Labute approximate surface area is 78.1 Å². The molecular weight excluding hydrogens is 202 g/mol. The molecule has 0 fully saturated rings. The average Bonchev–Trinajstić information content (AvgIpc) is 2.08. The third-order valence-corrected chi connectivity index (χ3v) is 1.69. The largest absolute Gasteiger partial charge is 0.505 e. The standard InChI is InChI=1S/C7H7ClF2N2O/c8-5-1-3(7(9)10)6(13)4(2-11)12-5/h1,7,13H,2,11H2. The smallest absolute Gasteiger partial charge is 0.267 e. The molecule has 1 aromatic heterocycles. The van der Waals surface area contributed by atoms with E-state index < -0.39 is 17.7 Å². The van der Waals surface area contributed by atoms with E-state index in [0.29, 0.717) is 0 Å². The number of alkyl halides is 2. The van der Waals surface area contributed by atoms with Crippen molar-refractivity contribution in [2.24, 2.45) is 5.73 Å². The molecule has 0 spiro atoms. The maximum absolute atomic E-state index is 12.2. The second-order valence-corrected chi connectivity index (χ2v) is 2.72. The van der Waals surface area contributed by atoms with Gasteiger partial charge in [-0.2, -0.15) is 0 Å². The van der Waals surface area contributed by atoms with Crippen molar-refractivity contribution in [3.8, 4) is 5.75 Å². The van der Waals surface area contributed by atoms with E-state index in [9.17, 15) is 13.9 Å². The van der Waals surface area contributed by atoms with Gasteiger partial charge in [0.1, 0.15) is 10.9 Å². The predicted octanol–water partition coefficient (Wildman–Crippen LogP) is 1.84. The van der Waals surface area contributed by atoms with E-state index in [1.807, 2.05) is 0 Å². The van der Waals surface area contributed by atoms with E-state index in [-0.39, 0.29) is 17.4 Å². The number of rotatable bonds is 2. The molecule has 3 nitrogen and oxygen atoms in total. The van der Waals surface area contributed by atoms with Gasteiger partial charge < -0.3 is 10.8 Å². The number of halogens is 3. The zero-order chi connectivity index (χ0) is 10.0. The Hall–Kier alpha value is -0.940. The lowest BCUT2D eigenvalue weighted by Crippen LogP contribution is -2.02. The number of nitrogens with zero attached hydrogens (tertiary/aromatic N) is 1. The average molecular weight is 209 g/mol. The molecule has 0 saturated heterocycles. The van der Waals surface area contributed by atoms with E-state index in [2.05, 4.69) is 4.98 Å². The van der Waals surface area contributed by atoms with E-state index in [0.717, 1.165) is 6.07 Å². The van der Waals surface area contributed by atoms with Crippen LogP contribution in [-0.4, -0.2) is 10.1 Å². The van der Waals surface area contributed by atoms with Gasteiger partial charge in [0.25, 0.3) is 6.43 Å². The van der Waals surface area contributed by atoms with Crippen LogP contribution in [0.5, 0.6) is 5.75 Å². The molecule has 6 heteroatoms. The highest BCUT2D eigenvalue weighted by Gasteiger charge is 2.17. The molecule has 0 amide bonds. The molecule has 0 aliphatic rings. The van der Waals surface area contributed by atoms with Crippen molar-refractivity contribution in [1.82, 2.24) is 4.98 Å². The van der Waals surface area contributed by atoms with Crippen LogP contribution >= 0.6 is 11.6 Å². The van der Waals surface area contributed by atoms with Gasteiger partial charge >= 0.3 is 0 Å². The fourth-order valence-corrected chi connectivity index (χ4v) is 1.11. The third kappa shape index (κ3) is 2.05. The fraction of sp³-hybridized carbons (Fsp3) is 0.286. The molecule has 0 atom stereocenters. The Balaban J connectivity index is 3.27. The van der Waals surface area contributed by atoms with Gasteiger partial charge in [-0.3, -0.25) is 0 Å². The maximum Gasteiger partial charge on any atom is 0.267 e. The zero-order valence-electron chi connectivity index (χ0n) is 6.47. The summed E-state index contributed by atoms with van der Waals surface area (Å²) in [4.78, 5) is 3.59. The van der Waals surface area contributed by atoms with Crippen molar-refractivity contribution in [2.45, 2.75) is 13.0 Å². The van der Waals surface area contributed by atoms with Crippen LogP contribution in [0.3, 0.4) is 0 Å². The quantitative estimate of drug-likeness (QED) is 0.729. The Morgan fingerprint density at radius 3 is 2.69 bits per heavy atom. The Kier molecular flexibility index (Phi) is 3.00. The van der Waals surface area contributed by atoms with Crippen LogP contribution in [0.15, 0.2) is 6.07 Å². The SMILES string of the molecule is NCc1nc(Cl)cc(C(F)F)c1O. The first kappa shape index (κ1) is 10.1. The van der Waals surface area contributed by atoms with Crippen LogP contribution in [0, 0.1) is 0 Å². The van der Waals surface area contributed by atoms with Crippen molar-refractivity contribution in [1.29, 1.82) is 0 Å². The van der Waals surface area contributed by atoms with Gasteiger partial charge in [-0.15, -0.1) is 0 Å². The van der Waals surface area contributed by atoms with Gasteiger partial charge in [-0.25, -0.2) is 13.8 Å². The summed E-state index contributed by atoms with van der Waals surface area (Å²) in [5.41, 5.74) is 4.60. The highest BCUT2D eigenvalue weighted by molar-refractivity contribution is 6.29. The van der Waals surface area contributed by atoms with E-state index in [1.165, 1.54) is 0 Å². The number of aromatic hydroxyl groups is 1. The van der Waals surface area contributed by atoms with Crippen LogP contribution < -0.4 is 5.73 Å². The van der Waals surface area contributed by atoms with Crippen LogP contribution in [-0.2, 0) is 6.54 Å². The molecule has 72 valence electrons. The van der Waals surface area contributed by atoms with Crippen LogP contribution in [0.1, 0.15) is 17.7 Å². The third-order valence-electron chi connectivity index (χ3n) is 1.49. The predicted molar refractivity (Wildman–Crippen MR) is 43.8 cm³/mol. The lowest BCUT2D eigenvalue weighted by molar-refractivity contribution is 0.147. The second kappa shape index (κ2) is 3.85. The lowest BCUT2D eigenvalue weighted by Gasteiger charge is -2.07. The molecule has 0 saturated carbocycles. The topological polar surface area (TPSA) is 59.1 Å². The molecule has 0 radical (unpaired) electrons. The molecule has 0 bridgehead atoms. The number of hydrogen-bond donors (Lipinski definition) is 2. The summed E-state index contributed by atoms with van der Waals surface area (Å²) < 4.78 is 24.5. The van der Waals surface area contributed by atoms with Gasteiger partial charge in [-0.05, 0) is 6.07 Å². The van der Waals surface area contributed by atoms with Crippen LogP contribution in [0.4, 0.5) is 8.78 Å². The van der Waals surface area contributed by atoms with E-state index >= 15 is 0 Å². The van der Waals surface area contributed by atoms with Gasteiger partial charge in [0.2, 0.25) is 0 Å². The lowest BCUT2D eigenvalue weighted by atomic mass is 10.2. The normalized spacial score (nSPS) is 10.8. The molecule has 3 N–H and O–H groups in total. The van der Waals surface area contributed by atoms with Gasteiger partial charge in [0, 0.05) is 6.54 Å². The van der Waals surface area contributed by atoms with Crippen molar-refractivity contribution in [3.05, 3.63) is 22.5 Å². The summed E-state index contributed by atoms with van der Waals surface area (Å²) in [6.45, 7) is -0.133. The molecule has 1 aromatic rings. The molecule has 1 rings (SSSR count). The van der Waals surface area contributed by atoms with Crippen LogP contribution in [0.25, 0.3) is 0 Å². The van der Waals surface area contributed by atoms with Gasteiger partial charge in [-0.1, -0.05) is 11.6 Å². The highest BCUT2D eigenvalue weighted by Crippen LogP contribution is 2.31. The van der Waals surface area contributed by atoms with E-state index in [1.54, 1.807) is 0 Å². The minimum atomic E-state index is -2.79. The second-order valence-electron chi connectivity index (χ2n) is 2.33. The van der Waals surface area contributed by atoms with Crippen LogP contribution in [0.2, 0.25) is 5.15 Å². The molecule has 0 aliphatic carbocycles. The minimum Gasteiger partial charge on any atom is -0.505 e. The molecule has 1 heterocycles. The molecule has 13 heavy (non-hydrogen) atoms. The molecule has 0 aliphatic heterocycles. The number of nitrogens with two attached hydrogens (primary N) is 1. The maximum atomic E-state index is 12.2. The molecule has 0 unspecified atom stereocenters. The Morgan fingerprint density at radius 1 is 1.62 bits per heavy atom. The number of aromatic nitrogens is 1. The summed E-state index contributed by atoms with van der Waals surface area (Å²) in [7, 11) is 0. The fourth-order valence-electron chi connectivity index (χ4n) is 0.886. The van der Waals surface area contributed by atoms with E-state index in [4.69, 9.17) is 17.3 Å². The highest BCUT2D eigenvalue weighted by atomic mass is 35.5. The zero-order valence-corrected chi connectivity index (χ0v) is 7.22. The van der Waals surface area contributed by atoms with Crippen molar-refractivity contribution < 1.29 is 13.9 Å². The summed E-state index contributed by atoms with van der Waals surface area (Å²) in [5.74, 6) is -0.582. The Morgan fingerprint density at radius 2 is 2.23 bits per heavy atom. The minimum absolute atomic E-state index is 0.0252. The van der Waals surface area contributed by atoms with Crippen molar-refractivity contribution in [2.75, 3.05) is 0 Å². The first-order valence-electron chi connectivity index (χ1n) is 3.42. The first-order valence-corrected chi connectivity index (χ1v) is 3.80. The Bertz CT molecular complexity index is 320. The summed E-state index contributed by atoms with van der Waals surface area (Å²) in [6, 6.07) is 0.917. The number of pyridine rings is 1. The van der Waals surface area contributed by atoms with Crippen molar-refractivity contribution >= 4 is 11.6 Å². The molecule has 0 aromatic carbocycles. The summed E-state index contributed by atoms with van der Waals surface area (Å²) in [6.07, 6.45) is -2.79. The molecular formula is C7H7ClF2N2O. The number of hydrogen-bond acceptors (Lipinski definition) is 3. The first-order chi connectivity index (χ1) is 6.06. The van der Waals surface area contributed by atoms with Gasteiger partial charge in [0.15, 0.2) is 0 Å². The summed E-state index contributed by atoms with van der Waals surface area (Å²) >= 11 is 5.43. The summed E-state index contributed by atoms with van der Waals surface area (Å²) in [5, 5.41) is 9.10.